The molecule has 0 aromatic heterocycles. The summed E-state index contributed by atoms with van der Waals surface area (Å²) >= 11 is 5.48. The normalized spacial score (nSPS) is 24.2. The molecule has 8 heteroatoms. The van der Waals surface area contributed by atoms with Crippen LogP contribution < -0.4 is 0 Å². The molecule has 2 rings (SSSR count). The maximum Gasteiger partial charge on any atom is 0.246 e. The third-order valence-corrected chi connectivity index (χ3v) is 5.40. The van der Waals surface area contributed by atoms with Crippen LogP contribution in [0.3, 0.4) is 0 Å². The Morgan fingerprint density at radius 3 is 2.38 bits per heavy atom. The average Bonchev–Trinajstić information content (AvgIpc) is 2.37. The summed E-state index contributed by atoms with van der Waals surface area (Å²) in [6.07, 6.45) is -0.584. The van der Waals surface area contributed by atoms with E-state index < -0.39 is 38.0 Å². The molecule has 0 spiro atoms. The summed E-state index contributed by atoms with van der Waals surface area (Å²) in [5.41, 5.74) is -0.438. The van der Waals surface area contributed by atoms with Gasteiger partial charge in [0.2, 0.25) is 10.0 Å². The Bertz CT molecular complexity index is 629. The first kappa shape index (κ1) is 16.6. The van der Waals surface area contributed by atoms with Gasteiger partial charge in [0, 0.05) is 18.7 Å². The molecule has 0 amide bonds. The molecule has 118 valence electrons. The van der Waals surface area contributed by atoms with E-state index in [0.29, 0.717) is 0 Å². The van der Waals surface area contributed by atoms with Crippen molar-refractivity contribution >= 4 is 21.6 Å². The maximum absolute atomic E-state index is 14.2. The van der Waals surface area contributed by atoms with Gasteiger partial charge < -0.3 is 4.74 Å². The molecule has 2 atom stereocenters. The zero-order valence-corrected chi connectivity index (χ0v) is 13.2. The minimum atomic E-state index is -4.05. The molecular weight excluding hydrogens is 324 g/mol. The van der Waals surface area contributed by atoms with Gasteiger partial charge in [0.25, 0.3) is 0 Å². The van der Waals surface area contributed by atoms with E-state index in [4.69, 9.17) is 16.3 Å². The quantitative estimate of drug-likeness (QED) is 0.795. The predicted octanol–water partition coefficient (Wildman–Crippen LogP) is 2.50. The summed E-state index contributed by atoms with van der Waals surface area (Å²) in [5, 5.41) is 0. The number of hydrogen-bond donors (Lipinski definition) is 0. The van der Waals surface area contributed by atoms with Gasteiger partial charge in [-0.05, 0) is 26.0 Å². The van der Waals surface area contributed by atoms with Crippen molar-refractivity contribution in [2.45, 2.75) is 36.8 Å². The fourth-order valence-electron chi connectivity index (χ4n) is 2.36. The van der Waals surface area contributed by atoms with E-state index in [1.165, 1.54) is 0 Å². The van der Waals surface area contributed by atoms with Crippen LogP contribution >= 0.6 is 11.6 Å². The fraction of sp³-hybridized carbons (Fsp3) is 0.538. The van der Waals surface area contributed by atoms with E-state index in [1.54, 1.807) is 13.8 Å². The van der Waals surface area contributed by atoms with Gasteiger partial charge in [-0.3, -0.25) is 0 Å². The lowest BCUT2D eigenvalue weighted by Gasteiger charge is -2.34. The zero-order valence-electron chi connectivity index (χ0n) is 11.6. The second kappa shape index (κ2) is 6.16. The number of alkyl halides is 1. The van der Waals surface area contributed by atoms with Crippen LogP contribution in [0.25, 0.3) is 0 Å². The molecule has 1 aliphatic rings. The van der Waals surface area contributed by atoms with Gasteiger partial charge >= 0.3 is 0 Å². The van der Waals surface area contributed by atoms with Crippen molar-refractivity contribution in [2.75, 3.05) is 13.1 Å². The summed E-state index contributed by atoms with van der Waals surface area (Å²) in [4.78, 5) is -0.555. The minimum Gasteiger partial charge on any atom is -0.373 e. The Kier molecular flexibility index (Phi) is 4.87. The van der Waals surface area contributed by atoms with Crippen molar-refractivity contribution in [1.82, 2.24) is 4.31 Å². The van der Waals surface area contributed by atoms with Gasteiger partial charge in [-0.1, -0.05) is 0 Å². The lowest BCUT2D eigenvalue weighted by atomic mass is 10.2. The van der Waals surface area contributed by atoms with Crippen molar-refractivity contribution in [3.63, 3.8) is 0 Å². The molecule has 0 aliphatic carbocycles. The third-order valence-electron chi connectivity index (χ3n) is 3.29. The first-order chi connectivity index (χ1) is 9.77. The molecule has 1 aromatic carbocycles. The highest BCUT2D eigenvalue weighted by Gasteiger charge is 2.34. The van der Waals surface area contributed by atoms with Crippen LogP contribution in [0.4, 0.5) is 8.78 Å². The van der Waals surface area contributed by atoms with Gasteiger partial charge in [-0.25, -0.2) is 17.2 Å². The van der Waals surface area contributed by atoms with Gasteiger partial charge in [0.15, 0.2) is 5.82 Å². The summed E-state index contributed by atoms with van der Waals surface area (Å²) in [5.74, 6) is -2.42. The molecule has 1 saturated heterocycles. The van der Waals surface area contributed by atoms with Crippen LogP contribution in [-0.4, -0.2) is 38.0 Å². The molecule has 1 heterocycles. The molecule has 0 N–H and O–H groups in total. The van der Waals surface area contributed by atoms with Gasteiger partial charge in [-0.2, -0.15) is 4.31 Å². The molecule has 0 radical (unpaired) electrons. The number of sulfonamides is 1. The van der Waals surface area contributed by atoms with E-state index in [0.717, 1.165) is 16.4 Å². The first-order valence-electron chi connectivity index (χ1n) is 6.45. The molecule has 0 bridgehead atoms. The Hall–Kier alpha value is -0.760. The van der Waals surface area contributed by atoms with E-state index in [-0.39, 0.29) is 25.3 Å². The number of ether oxygens (including phenoxy) is 1. The summed E-state index contributed by atoms with van der Waals surface area (Å²) in [6, 6.07) is 1.85. The van der Waals surface area contributed by atoms with Crippen LogP contribution in [0.1, 0.15) is 19.4 Å². The molecule has 4 nitrogen and oxygen atoms in total. The highest BCUT2D eigenvalue weighted by atomic mass is 35.5. The lowest BCUT2D eigenvalue weighted by Crippen LogP contribution is -2.48. The zero-order chi connectivity index (χ0) is 15.8. The lowest BCUT2D eigenvalue weighted by molar-refractivity contribution is -0.0441. The minimum absolute atomic E-state index is 0.125. The summed E-state index contributed by atoms with van der Waals surface area (Å²) in [6.45, 7) is 3.73. The van der Waals surface area contributed by atoms with Crippen LogP contribution in [0.15, 0.2) is 17.0 Å². The van der Waals surface area contributed by atoms with E-state index in [9.17, 15) is 17.2 Å². The number of halogens is 3. The monoisotopic (exact) mass is 339 g/mol. The van der Waals surface area contributed by atoms with E-state index >= 15 is 0 Å². The van der Waals surface area contributed by atoms with Crippen LogP contribution in [-0.2, 0) is 20.6 Å². The molecule has 2 unspecified atom stereocenters. The molecular formula is C13H16ClF2NO3S. The molecule has 1 aliphatic heterocycles. The number of morpholine rings is 1. The van der Waals surface area contributed by atoms with Gasteiger partial charge in [-0.15, -0.1) is 11.6 Å². The Balaban J connectivity index is 2.45. The van der Waals surface area contributed by atoms with Gasteiger partial charge in [0.1, 0.15) is 10.7 Å². The molecule has 1 aromatic rings. The number of nitrogens with zero attached hydrogens (tertiary/aromatic N) is 1. The average molecular weight is 340 g/mol. The number of hydrogen-bond acceptors (Lipinski definition) is 3. The van der Waals surface area contributed by atoms with E-state index in [2.05, 4.69) is 0 Å². The van der Waals surface area contributed by atoms with Crippen molar-refractivity contribution < 1.29 is 21.9 Å². The number of benzene rings is 1. The van der Waals surface area contributed by atoms with Crippen molar-refractivity contribution in [1.29, 1.82) is 0 Å². The third kappa shape index (κ3) is 3.21. The molecule has 21 heavy (non-hydrogen) atoms. The van der Waals surface area contributed by atoms with Crippen LogP contribution in [0.2, 0.25) is 0 Å². The van der Waals surface area contributed by atoms with Crippen LogP contribution in [0.5, 0.6) is 0 Å². The summed E-state index contributed by atoms with van der Waals surface area (Å²) in [7, 11) is -4.05. The van der Waals surface area contributed by atoms with Crippen LogP contribution in [0, 0.1) is 11.6 Å². The molecule has 1 fully saturated rings. The second-order valence-corrected chi connectivity index (χ2v) is 7.22. The highest BCUT2D eigenvalue weighted by Crippen LogP contribution is 2.27. The predicted molar refractivity (Wildman–Crippen MR) is 74.7 cm³/mol. The smallest absolute Gasteiger partial charge is 0.246 e. The highest BCUT2D eigenvalue weighted by molar-refractivity contribution is 7.89. The standard InChI is InChI=1S/C13H16ClF2NO3S/c1-8-6-17(7-9(2)20-8)21(18,19)12-4-3-11(15)10(5-14)13(12)16/h3-4,8-9H,5-7H2,1-2H3. The van der Waals surface area contributed by atoms with E-state index in [1.807, 2.05) is 0 Å². The van der Waals surface area contributed by atoms with Gasteiger partial charge in [0.05, 0.1) is 18.1 Å². The Morgan fingerprint density at radius 1 is 1.29 bits per heavy atom. The fourth-order valence-corrected chi connectivity index (χ4v) is 4.29. The molecule has 0 saturated carbocycles. The van der Waals surface area contributed by atoms with Crippen molar-refractivity contribution in [3.8, 4) is 0 Å². The van der Waals surface area contributed by atoms with Crippen molar-refractivity contribution in [3.05, 3.63) is 29.3 Å². The Labute approximate surface area is 127 Å². The number of rotatable bonds is 3. The maximum atomic E-state index is 14.2. The Morgan fingerprint density at radius 2 is 1.86 bits per heavy atom. The summed E-state index contributed by atoms with van der Waals surface area (Å²) < 4.78 is 59.4. The largest absolute Gasteiger partial charge is 0.373 e. The second-order valence-electron chi connectivity index (χ2n) is 5.05. The first-order valence-corrected chi connectivity index (χ1v) is 8.43. The SMILES string of the molecule is CC1CN(S(=O)(=O)c2ccc(F)c(CCl)c2F)CC(C)O1. The topological polar surface area (TPSA) is 46.6 Å². The van der Waals surface area contributed by atoms with Crippen molar-refractivity contribution in [2.24, 2.45) is 0 Å².